The first-order valence-corrected chi connectivity index (χ1v) is 5.68. The molecule has 2 aliphatic rings. The Hall–Kier alpha value is -0.310. The fraction of sp³-hybridized carbons (Fsp3) is 0.900. The van der Waals surface area contributed by atoms with Crippen LogP contribution < -0.4 is 5.32 Å². The van der Waals surface area contributed by atoms with Crippen LogP contribution in [0.3, 0.4) is 0 Å². The van der Waals surface area contributed by atoms with Crippen molar-refractivity contribution in [1.82, 2.24) is 10.2 Å². The van der Waals surface area contributed by atoms with Gasteiger partial charge in [0, 0.05) is 18.6 Å². The summed E-state index contributed by atoms with van der Waals surface area (Å²) >= 11 is 5.38. The van der Waals surface area contributed by atoms with Gasteiger partial charge in [-0.25, -0.2) is 0 Å². The number of hydrogen-bond donors (Lipinski definition) is 1. The van der Waals surface area contributed by atoms with Crippen LogP contribution in [0.2, 0.25) is 0 Å². The lowest BCUT2D eigenvalue weighted by Crippen LogP contribution is -2.46. The van der Waals surface area contributed by atoms with Gasteiger partial charge < -0.3 is 10.2 Å². The highest BCUT2D eigenvalue weighted by Gasteiger charge is 2.38. The molecule has 0 aromatic heterocycles. The molecule has 0 spiro atoms. The predicted molar refractivity (Wildman–Crippen MR) is 58.8 cm³/mol. The number of thiocarbonyl (C=S) groups is 1. The highest BCUT2D eigenvalue weighted by Crippen LogP contribution is 2.34. The van der Waals surface area contributed by atoms with Crippen LogP contribution in [0.4, 0.5) is 0 Å². The second kappa shape index (κ2) is 3.45. The molecular weight excluding hydrogens is 180 g/mol. The topological polar surface area (TPSA) is 15.3 Å². The smallest absolute Gasteiger partial charge is 0.169 e. The fourth-order valence-electron chi connectivity index (χ4n) is 1.75. The Morgan fingerprint density at radius 1 is 1.23 bits per heavy atom. The molecule has 0 radical (unpaired) electrons. The summed E-state index contributed by atoms with van der Waals surface area (Å²) in [7, 11) is 0. The highest BCUT2D eigenvalue weighted by molar-refractivity contribution is 7.80. The van der Waals surface area contributed by atoms with Crippen molar-refractivity contribution in [1.29, 1.82) is 0 Å². The molecule has 0 amide bonds. The minimum absolute atomic E-state index is 0.342. The van der Waals surface area contributed by atoms with Gasteiger partial charge >= 0.3 is 0 Å². The van der Waals surface area contributed by atoms with Crippen LogP contribution in [0.25, 0.3) is 0 Å². The van der Waals surface area contributed by atoms with Gasteiger partial charge in [-0.1, -0.05) is 0 Å². The average molecular weight is 198 g/mol. The average Bonchev–Trinajstić information content (AvgIpc) is 2.85. The third-order valence-corrected chi connectivity index (χ3v) is 3.41. The predicted octanol–water partition coefficient (Wildman–Crippen LogP) is 1.90. The van der Waals surface area contributed by atoms with Crippen LogP contribution in [0.5, 0.6) is 0 Å². The largest absolute Gasteiger partial charge is 0.357 e. The van der Waals surface area contributed by atoms with Crippen molar-refractivity contribution in [3.8, 4) is 0 Å². The van der Waals surface area contributed by atoms with Crippen molar-refractivity contribution < 1.29 is 0 Å². The number of likely N-dealkylation sites (tertiary alicyclic amines) is 1. The lowest BCUT2D eigenvalue weighted by Gasteiger charge is -2.31. The van der Waals surface area contributed by atoms with Crippen LogP contribution in [0, 0.1) is 0 Å². The molecule has 1 aliphatic carbocycles. The third kappa shape index (κ3) is 2.33. The Kier molecular flexibility index (Phi) is 2.45. The van der Waals surface area contributed by atoms with Crippen molar-refractivity contribution >= 4 is 17.3 Å². The molecule has 1 N–H and O–H groups in total. The zero-order valence-corrected chi connectivity index (χ0v) is 9.12. The first kappa shape index (κ1) is 9.25. The van der Waals surface area contributed by atoms with Gasteiger partial charge in [-0.2, -0.15) is 0 Å². The van der Waals surface area contributed by atoms with Crippen LogP contribution in [0.15, 0.2) is 0 Å². The zero-order chi connectivity index (χ0) is 9.31. The molecule has 1 aliphatic heterocycles. The molecule has 0 unspecified atom stereocenters. The lowest BCUT2D eigenvalue weighted by atomic mass is 10.1. The van der Waals surface area contributed by atoms with E-state index in [0.717, 1.165) is 18.2 Å². The quantitative estimate of drug-likeness (QED) is 0.648. The van der Waals surface area contributed by atoms with Gasteiger partial charge in [-0.15, -0.1) is 0 Å². The Morgan fingerprint density at radius 3 is 2.38 bits per heavy atom. The number of piperidine rings is 1. The summed E-state index contributed by atoms with van der Waals surface area (Å²) < 4.78 is 0. The summed E-state index contributed by atoms with van der Waals surface area (Å²) in [4.78, 5) is 2.32. The minimum atomic E-state index is 0.342. The van der Waals surface area contributed by atoms with Crippen molar-refractivity contribution in [2.45, 2.75) is 44.6 Å². The van der Waals surface area contributed by atoms with Crippen LogP contribution >= 0.6 is 12.2 Å². The standard InChI is InChI=1S/C10H18N2S/c1-10(5-6-10)11-9(13)12-7-3-2-4-8-12/h2-8H2,1H3,(H,11,13). The van der Waals surface area contributed by atoms with Crippen LogP contribution in [0.1, 0.15) is 39.0 Å². The molecule has 0 atom stereocenters. The highest BCUT2D eigenvalue weighted by atomic mass is 32.1. The molecule has 0 aromatic carbocycles. The van der Waals surface area contributed by atoms with Crippen LogP contribution in [-0.4, -0.2) is 28.6 Å². The molecule has 13 heavy (non-hydrogen) atoms. The molecule has 1 heterocycles. The van der Waals surface area contributed by atoms with Crippen molar-refractivity contribution in [2.75, 3.05) is 13.1 Å². The van der Waals surface area contributed by atoms with E-state index < -0.39 is 0 Å². The maximum Gasteiger partial charge on any atom is 0.169 e. The zero-order valence-electron chi connectivity index (χ0n) is 8.31. The van der Waals surface area contributed by atoms with E-state index in [1.54, 1.807) is 0 Å². The van der Waals surface area contributed by atoms with Gasteiger partial charge in [0.2, 0.25) is 0 Å². The third-order valence-electron chi connectivity index (χ3n) is 3.05. The normalized spacial score (nSPS) is 25.5. The summed E-state index contributed by atoms with van der Waals surface area (Å²) in [5.41, 5.74) is 0.342. The minimum Gasteiger partial charge on any atom is -0.357 e. The number of rotatable bonds is 1. The molecule has 1 saturated heterocycles. The van der Waals surface area contributed by atoms with Gasteiger partial charge in [0.05, 0.1) is 0 Å². The lowest BCUT2D eigenvalue weighted by molar-refractivity contribution is 0.334. The summed E-state index contributed by atoms with van der Waals surface area (Å²) in [5.74, 6) is 0. The molecular formula is C10H18N2S. The van der Waals surface area contributed by atoms with E-state index in [1.807, 2.05) is 0 Å². The molecule has 0 aromatic rings. The van der Waals surface area contributed by atoms with E-state index in [9.17, 15) is 0 Å². The van der Waals surface area contributed by atoms with E-state index >= 15 is 0 Å². The molecule has 2 fully saturated rings. The molecule has 2 nitrogen and oxygen atoms in total. The van der Waals surface area contributed by atoms with E-state index in [-0.39, 0.29) is 0 Å². The Balaban J connectivity index is 1.81. The summed E-state index contributed by atoms with van der Waals surface area (Å²) in [6, 6.07) is 0. The number of nitrogens with zero attached hydrogens (tertiary/aromatic N) is 1. The second-order valence-electron chi connectivity index (χ2n) is 4.54. The monoisotopic (exact) mass is 198 g/mol. The first-order valence-electron chi connectivity index (χ1n) is 5.27. The van der Waals surface area contributed by atoms with Gasteiger partial charge in [0.25, 0.3) is 0 Å². The second-order valence-corrected chi connectivity index (χ2v) is 4.93. The molecule has 2 rings (SSSR count). The molecule has 3 heteroatoms. The van der Waals surface area contributed by atoms with Crippen molar-refractivity contribution in [3.63, 3.8) is 0 Å². The molecule has 0 bridgehead atoms. The van der Waals surface area contributed by atoms with Crippen molar-refractivity contribution in [2.24, 2.45) is 0 Å². The Morgan fingerprint density at radius 2 is 1.85 bits per heavy atom. The van der Waals surface area contributed by atoms with Crippen LogP contribution in [-0.2, 0) is 0 Å². The number of hydrogen-bond acceptors (Lipinski definition) is 1. The molecule has 74 valence electrons. The van der Waals surface area contributed by atoms with E-state index in [0.29, 0.717) is 5.54 Å². The summed E-state index contributed by atoms with van der Waals surface area (Å²) in [5, 5.41) is 4.44. The molecule has 1 saturated carbocycles. The number of nitrogens with one attached hydrogen (secondary N) is 1. The Labute approximate surface area is 85.7 Å². The van der Waals surface area contributed by atoms with E-state index in [4.69, 9.17) is 12.2 Å². The van der Waals surface area contributed by atoms with Gasteiger partial charge in [0.15, 0.2) is 5.11 Å². The summed E-state index contributed by atoms with van der Waals surface area (Å²) in [6.45, 7) is 4.56. The van der Waals surface area contributed by atoms with Crippen molar-refractivity contribution in [3.05, 3.63) is 0 Å². The maximum atomic E-state index is 5.38. The van der Waals surface area contributed by atoms with Gasteiger partial charge in [-0.05, 0) is 51.2 Å². The van der Waals surface area contributed by atoms with Gasteiger partial charge in [-0.3, -0.25) is 0 Å². The SMILES string of the molecule is CC1(NC(=S)N2CCCCC2)CC1. The van der Waals surface area contributed by atoms with E-state index in [2.05, 4.69) is 17.1 Å². The Bertz CT molecular complexity index is 205. The fourth-order valence-corrected chi connectivity index (χ4v) is 2.18. The van der Waals surface area contributed by atoms with E-state index in [1.165, 1.54) is 32.1 Å². The maximum absolute atomic E-state index is 5.38. The van der Waals surface area contributed by atoms with Gasteiger partial charge in [0.1, 0.15) is 0 Å². The summed E-state index contributed by atoms with van der Waals surface area (Å²) in [6.07, 6.45) is 6.54. The first-order chi connectivity index (χ1) is 6.20.